The third-order valence-corrected chi connectivity index (χ3v) is 5.57. The van der Waals surface area contributed by atoms with Crippen molar-refractivity contribution in [1.29, 1.82) is 0 Å². The molecule has 0 saturated heterocycles. The lowest BCUT2D eigenvalue weighted by Gasteiger charge is -2.19. The molecule has 2 aromatic heterocycles. The molecule has 0 bridgehead atoms. The summed E-state index contributed by atoms with van der Waals surface area (Å²) in [6.07, 6.45) is 1.25. The second-order valence-corrected chi connectivity index (χ2v) is 9.72. The van der Waals surface area contributed by atoms with Crippen LogP contribution >= 0.6 is 34.2 Å². The fraction of sp³-hybridized carbons (Fsp3) is 0.217. The van der Waals surface area contributed by atoms with Gasteiger partial charge in [-0.2, -0.15) is 0 Å². The minimum absolute atomic E-state index is 0.114. The summed E-state index contributed by atoms with van der Waals surface area (Å²) in [5.74, 6) is 0. The minimum atomic E-state index is -0.622. The summed E-state index contributed by atoms with van der Waals surface area (Å²) >= 11 is 8.50. The van der Waals surface area contributed by atoms with E-state index in [2.05, 4.69) is 22.6 Å². The second-order valence-electron chi connectivity index (χ2n) is 8.04. The Kier molecular flexibility index (Phi) is 5.50. The maximum atomic E-state index is 12.8. The molecular formula is C23H20ClIN2O3. The zero-order valence-corrected chi connectivity index (χ0v) is 19.7. The van der Waals surface area contributed by atoms with Crippen LogP contribution < -0.4 is 0 Å². The average molecular weight is 535 g/mol. The molecule has 2 aromatic carbocycles. The summed E-state index contributed by atoms with van der Waals surface area (Å²) < 4.78 is 8.11. The van der Waals surface area contributed by atoms with E-state index >= 15 is 0 Å². The normalized spacial score (nSPS) is 11.9. The highest BCUT2D eigenvalue weighted by Gasteiger charge is 2.22. The Labute approximate surface area is 192 Å². The van der Waals surface area contributed by atoms with Crippen molar-refractivity contribution >= 4 is 62.1 Å². The van der Waals surface area contributed by atoms with Crippen LogP contribution in [0.5, 0.6) is 0 Å². The number of carbonyl (C=O) groups excluding carboxylic acids is 1. The standard InChI is InChI=1S/C23H20ClIN2O3/c1-23(2,3)30-22(29)27-11-18(17-9-14(24)4-7-21(17)27)20-8-13(12-28)16-10-15(25)5-6-19(16)26-20/h4-11,28H,12H2,1-3H3. The molecular weight excluding hydrogens is 515 g/mol. The van der Waals surface area contributed by atoms with Crippen LogP contribution in [-0.2, 0) is 11.3 Å². The summed E-state index contributed by atoms with van der Waals surface area (Å²) in [5.41, 5.74) is 3.00. The molecule has 4 rings (SSSR count). The maximum absolute atomic E-state index is 12.8. The zero-order chi connectivity index (χ0) is 21.6. The Morgan fingerprint density at radius 3 is 2.63 bits per heavy atom. The number of hydrogen-bond acceptors (Lipinski definition) is 4. The SMILES string of the molecule is CC(C)(C)OC(=O)n1cc(-c2cc(CO)c3cc(I)ccc3n2)c2cc(Cl)ccc21. The molecule has 0 aliphatic carbocycles. The molecule has 1 N–H and O–H groups in total. The van der Waals surface area contributed by atoms with E-state index < -0.39 is 11.7 Å². The summed E-state index contributed by atoms with van der Waals surface area (Å²) in [6.45, 7) is 5.37. The molecule has 7 heteroatoms. The predicted octanol–water partition coefficient (Wildman–Crippen LogP) is 6.39. The van der Waals surface area contributed by atoms with Crippen molar-refractivity contribution in [3.63, 3.8) is 0 Å². The van der Waals surface area contributed by atoms with E-state index in [1.54, 1.807) is 18.3 Å². The van der Waals surface area contributed by atoms with Crippen molar-refractivity contribution in [3.8, 4) is 11.3 Å². The molecule has 30 heavy (non-hydrogen) atoms. The number of fused-ring (bicyclic) bond motifs is 2. The number of aliphatic hydroxyl groups excluding tert-OH is 1. The van der Waals surface area contributed by atoms with Crippen molar-refractivity contribution in [2.45, 2.75) is 33.0 Å². The smallest absolute Gasteiger partial charge is 0.419 e. The number of ether oxygens (including phenoxy) is 1. The van der Waals surface area contributed by atoms with Crippen LogP contribution in [0.25, 0.3) is 33.1 Å². The molecule has 0 saturated carbocycles. The number of pyridine rings is 1. The lowest BCUT2D eigenvalue weighted by atomic mass is 10.0. The van der Waals surface area contributed by atoms with E-state index in [0.29, 0.717) is 16.2 Å². The van der Waals surface area contributed by atoms with Crippen LogP contribution in [0.3, 0.4) is 0 Å². The fourth-order valence-corrected chi connectivity index (χ4v) is 4.07. The molecule has 0 amide bonds. The molecule has 0 atom stereocenters. The van der Waals surface area contributed by atoms with E-state index in [9.17, 15) is 9.90 Å². The number of hydrogen-bond donors (Lipinski definition) is 1. The second kappa shape index (κ2) is 7.83. The van der Waals surface area contributed by atoms with Gasteiger partial charge < -0.3 is 9.84 Å². The third-order valence-electron chi connectivity index (χ3n) is 4.66. The first kappa shape index (κ1) is 21.1. The Hall–Kier alpha value is -2.16. The van der Waals surface area contributed by atoms with E-state index in [1.165, 1.54) is 4.57 Å². The molecule has 4 aromatic rings. The first-order valence-corrected chi connectivity index (χ1v) is 10.9. The molecule has 5 nitrogen and oxygen atoms in total. The number of nitrogens with zero attached hydrogens (tertiary/aromatic N) is 2. The highest BCUT2D eigenvalue weighted by molar-refractivity contribution is 14.1. The van der Waals surface area contributed by atoms with E-state index in [4.69, 9.17) is 21.3 Å². The van der Waals surface area contributed by atoms with Gasteiger partial charge >= 0.3 is 6.09 Å². The summed E-state index contributed by atoms with van der Waals surface area (Å²) in [4.78, 5) is 17.6. The Morgan fingerprint density at radius 2 is 1.93 bits per heavy atom. The van der Waals surface area contributed by atoms with Gasteiger partial charge in [0.05, 0.1) is 23.3 Å². The van der Waals surface area contributed by atoms with Gasteiger partial charge in [-0.05, 0) is 91.4 Å². The maximum Gasteiger partial charge on any atom is 0.419 e. The third kappa shape index (κ3) is 4.04. The van der Waals surface area contributed by atoms with Crippen LogP contribution in [0.2, 0.25) is 5.02 Å². The van der Waals surface area contributed by atoms with Crippen LogP contribution in [0.4, 0.5) is 4.79 Å². The van der Waals surface area contributed by atoms with Gasteiger partial charge in [0.15, 0.2) is 0 Å². The van der Waals surface area contributed by atoms with Crippen LogP contribution in [0.15, 0.2) is 48.7 Å². The molecule has 0 fully saturated rings. The minimum Gasteiger partial charge on any atom is -0.443 e. The van der Waals surface area contributed by atoms with Gasteiger partial charge in [0.2, 0.25) is 0 Å². The Balaban J connectivity index is 1.96. The van der Waals surface area contributed by atoms with Crippen molar-refractivity contribution in [3.05, 3.63) is 62.8 Å². The van der Waals surface area contributed by atoms with E-state index in [1.807, 2.05) is 51.1 Å². The highest BCUT2D eigenvalue weighted by atomic mass is 127. The van der Waals surface area contributed by atoms with Gasteiger partial charge in [-0.25, -0.2) is 9.78 Å². The van der Waals surface area contributed by atoms with Gasteiger partial charge in [0.1, 0.15) is 5.60 Å². The van der Waals surface area contributed by atoms with Crippen LogP contribution in [0.1, 0.15) is 26.3 Å². The first-order valence-electron chi connectivity index (χ1n) is 9.40. The molecule has 0 spiro atoms. The van der Waals surface area contributed by atoms with Crippen LogP contribution in [0, 0.1) is 3.57 Å². The lowest BCUT2D eigenvalue weighted by molar-refractivity contribution is 0.0544. The Morgan fingerprint density at radius 1 is 1.17 bits per heavy atom. The molecule has 0 aliphatic rings. The topological polar surface area (TPSA) is 64.3 Å². The number of benzene rings is 2. The van der Waals surface area contributed by atoms with E-state index in [-0.39, 0.29) is 6.61 Å². The lowest BCUT2D eigenvalue weighted by Crippen LogP contribution is -2.26. The van der Waals surface area contributed by atoms with Crippen molar-refractivity contribution < 1.29 is 14.6 Å². The number of carbonyl (C=O) groups is 1. The van der Waals surface area contributed by atoms with Gasteiger partial charge in [-0.1, -0.05) is 11.6 Å². The molecule has 154 valence electrons. The summed E-state index contributed by atoms with van der Waals surface area (Å²) in [7, 11) is 0. The number of halogens is 2. The van der Waals surface area contributed by atoms with Crippen molar-refractivity contribution in [2.24, 2.45) is 0 Å². The molecule has 0 unspecified atom stereocenters. The van der Waals surface area contributed by atoms with Crippen molar-refractivity contribution in [1.82, 2.24) is 9.55 Å². The average Bonchev–Trinajstić information content (AvgIpc) is 3.04. The molecule has 2 heterocycles. The Bertz CT molecular complexity index is 1290. The van der Waals surface area contributed by atoms with E-state index in [0.717, 1.165) is 31.0 Å². The monoisotopic (exact) mass is 534 g/mol. The van der Waals surface area contributed by atoms with Gasteiger partial charge in [0.25, 0.3) is 0 Å². The zero-order valence-electron chi connectivity index (χ0n) is 16.7. The highest BCUT2D eigenvalue weighted by Crippen LogP contribution is 2.34. The van der Waals surface area contributed by atoms with Gasteiger partial charge in [0, 0.05) is 31.1 Å². The van der Waals surface area contributed by atoms with Crippen molar-refractivity contribution in [2.75, 3.05) is 0 Å². The predicted molar refractivity (Wildman–Crippen MR) is 128 cm³/mol. The number of aliphatic hydroxyl groups is 1. The summed E-state index contributed by atoms with van der Waals surface area (Å²) in [5, 5.41) is 12.2. The van der Waals surface area contributed by atoms with Gasteiger partial charge in [-0.3, -0.25) is 4.57 Å². The quantitative estimate of drug-likeness (QED) is 0.303. The van der Waals surface area contributed by atoms with Crippen LogP contribution in [-0.4, -0.2) is 26.4 Å². The number of rotatable bonds is 2. The fourth-order valence-electron chi connectivity index (χ4n) is 3.41. The summed E-state index contributed by atoms with van der Waals surface area (Å²) in [6, 6.07) is 13.1. The number of aromatic nitrogens is 2. The largest absolute Gasteiger partial charge is 0.443 e. The first-order chi connectivity index (χ1) is 14.2. The van der Waals surface area contributed by atoms with Gasteiger partial charge in [-0.15, -0.1) is 0 Å². The molecule has 0 aliphatic heterocycles. The molecule has 0 radical (unpaired) electrons.